The summed E-state index contributed by atoms with van der Waals surface area (Å²) in [5, 5.41) is 11.7. The molecule has 0 aromatic heterocycles. The first-order chi connectivity index (χ1) is 9.95. The minimum absolute atomic E-state index is 0.0409. The smallest absolute Gasteiger partial charge is 0.337 e. The highest BCUT2D eigenvalue weighted by Crippen LogP contribution is 2.22. The summed E-state index contributed by atoms with van der Waals surface area (Å²) < 4.78 is 0.687. The number of rotatable bonds is 4. The van der Waals surface area contributed by atoms with Gasteiger partial charge >= 0.3 is 5.97 Å². The van der Waals surface area contributed by atoms with Gasteiger partial charge in [0.2, 0.25) is 5.91 Å². The number of carboxylic acid groups (broad SMARTS) is 1. The Hall–Kier alpha value is -2.34. The second-order valence-corrected chi connectivity index (χ2v) is 5.38. The summed E-state index contributed by atoms with van der Waals surface area (Å²) in [5.74, 6) is -1.40. The molecule has 6 heteroatoms. The predicted octanol–water partition coefficient (Wildman–Crippen LogP) is 2.91. The third-order valence-corrected chi connectivity index (χ3v) is 3.30. The van der Waals surface area contributed by atoms with E-state index in [1.165, 1.54) is 6.07 Å². The van der Waals surface area contributed by atoms with Crippen molar-refractivity contribution in [3.63, 3.8) is 0 Å². The maximum Gasteiger partial charge on any atom is 0.337 e. The zero-order valence-corrected chi connectivity index (χ0v) is 12.6. The van der Waals surface area contributed by atoms with Crippen LogP contribution in [0.15, 0.2) is 46.9 Å². The van der Waals surface area contributed by atoms with Crippen LogP contribution >= 0.6 is 15.9 Å². The first kappa shape index (κ1) is 15.1. The Morgan fingerprint density at radius 1 is 1.19 bits per heavy atom. The van der Waals surface area contributed by atoms with E-state index in [2.05, 4.69) is 21.2 Å². The van der Waals surface area contributed by atoms with Crippen LogP contribution in [0.25, 0.3) is 0 Å². The highest BCUT2D eigenvalue weighted by Gasteiger charge is 2.13. The van der Waals surface area contributed by atoms with Crippen molar-refractivity contribution in [3.05, 3.63) is 58.1 Å². The van der Waals surface area contributed by atoms with Crippen LogP contribution in [-0.4, -0.2) is 17.0 Å². The minimum atomic E-state index is -1.10. The lowest BCUT2D eigenvalue weighted by Gasteiger charge is -2.09. The van der Waals surface area contributed by atoms with Gasteiger partial charge in [-0.1, -0.05) is 28.1 Å². The van der Waals surface area contributed by atoms with Crippen molar-refractivity contribution in [2.45, 2.75) is 6.42 Å². The maximum absolute atomic E-state index is 12.0. The predicted molar refractivity (Wildman–Crippen MR) is 84.3 cm³/mol. The Kier molecular flexibility index (Phi) is 4.59. The Morgan fingerprint density at radius 3 is 2.62 bits per heavy atom. The van der Waals surface area contributed by atoms with Crippen LogP contribution in [0.4, 0.5) is 11.4 Å². The molecule has 108 valence electrons. The summed E-state index contributed by atoms with van der Waals surface area (Å²) in [6.45, 7) is 0. The molecule has 0 saturated heterocycles. The molecular formula is C15H13BrN2O3. The second kappa shape index (κ2) is 6.41. The van der Waals surface area contributed by atoms with Gasteiger partial charge in [-0.2, -0.15) is 0 Å². The van der Waals surface area contributed by atoms with Crippen molar-refractivity contribution >= 4 is 39.2 Å². The van der Waals surface area contributed by atoms with Crippen molar-refractivity contribution in [2.24, 2.45) is 0 Å². The zero-order valence-electron chi connectivity index (χ0n) is 11.0. The zero-order chi connectivity index (χ0) is 15.4. The molecule has 5 nitrogen and oxygen atoms in total. The molecule has 0 aliphatic heterocycles. The van der Waals surface area contributed by atoms with Crippen LogP contribution in [0.5, 0.6) is 0 Å². The van der Waals surface area contributed by atoms with E-state index in [0.717, 1.165) is 5.56 Å². The number of benzene rings is 2. The molecule has 2 aromatic carbocycles. The van der Waals surface area contributed by atoms with Gasteiger partial charge in [-0.15, -0.1) is 0 Å². The monoisotopic (exact) mass is 348 g/mol. The average Bonchev–Trinajstić information content (AvgIpc) is 2.38. The van der Waals surface area contributed by atoms with Crippen LogP contribution in [0.1, 0.15) is 15.9 Å². The van der Waals surface area contributed by atoms with Crippen molar-refractivity contribution in [3.8, 4) is 0 Å². The van der Waals surface area contributed by atoms with Crippen LogP contribution in [0.2, 0.25) is 0 Å². The molecule has 0 bridgehead atoms. The molecular weight excluding hydrogens is 336 g/mol. The number of hydrogen-bond acceptors (Lipinski definition) is 3. The molecule has 21 heavy (non-hydrogen) atoms. The Balaban J connectivity index is 2.16. The average molecular weight is 349 g/mol. The largest absolute Gasteiger partial charge is 0.478 e. The van der Waals surface area contributed by atoms with Gasteiger partial charge in [0.15, 0.2) is 0 Å². The fourth-order valence-corrected chi connectivity index (χ4v) is 2.25. The molecule has 0 fully saturated rings. The molecule has 0 atom stereocenters. The summed E-state index contributed by atoms with van der Waals surface area (Å²) in [5.41, 5.74) is 7.29. The van der Waals surface area contributed by atoms with Crippen LogP contribution in [0.3, 0.4) is 0 Å². The van der Waals surface area contributed by atoms with Crippen LogP contribution < -0.4 is 11.1 Å². The molecule has 4 N–H and O–H groups in total. The van der Waals surface area contributed by atoms with Gasteiger partial charge in [-0.05, 0) is 35.9 Å². The topological polar surface area (TPSA) is 92.4 Å². The van der Waals surface area contributed by atoms with E-state index >= 15 is 0 Å². The van der Waals surface area contributed by atoms with E-state index in [1.807, 2.05) is 0 Å². The van der Waals surface area contributed by atoms with Gasteiger partial charge in [-0.25, -0.2) is 4.79 Å². The second-order valence-electron chi connectivity index (χ2n) is 4.47. The summed E-state index contributed by atoms with van der Waals surface area (Å²) in [7, 11) is 0. The fraction of sp³-hybridized carbons (Fsp3) is 0.0667. The molecule has 2 aromatic rings. The molecule has 0 heterocycles. The Labute approximate surface area is 129 Å². The maximum atomic E-state index is 12.0. The first-order valence-electron chi connectivity index (χ1n) is 6.13. The number of halogens is 1. The number of hydrogen-bond donors (Lipinski definition) is 3. The molecule has 2 rings (SSSR count). The number of carboxylic acids is 1. The van der Waals surface area contributed by atoms with Crippen molar-refractivity contribution < 1.29 is 14.7 Å². The number of aromatic carboxylic acids is 1. The number of nitrogens with one attached hydrogen (secondary N) is 1. The van der Waals surface area contributed by atoms with E-state index in [9.17, 15) is 9.59 Å². The van der Waals surface area contributed by atoms with E-state index in [4.69, 9.17) is 10.8 Å². The van der Waals surface area contributed by atoms with E-state index in [1.54, 1.807) is 36.4 Å². The highest BCUT2D eigenvalue weighted by atomic mass is 79.9. The number of carbonyl (C=O) groups excluding carboxylic acids is 1. The van der Waals surface area contributed by atoms with E-state index < -0.39 is 5.97 Å². The van der Waals surface area contributed by atoms with E-state index in [-0.39, 0.29) is 23.6 Å². The summed E-state index contributed by atoms with van der Waals surface area (Å²) in [4.78, 5) is 23.2. The normalized spacial score (nSPS) is 10.1. The van der Waals surface area contributed by atoms with Crippen molar-refractivity contribution in [1.82, 2.24) is 0 Å². The lowest BCUT2D eigenvalue weighted by atomic mass is 10.1. The first-order valence-corrected chi connectivity index (χ1v) is 6.92. The van der Waals surface area contributed by atoms with Gasteiger partial charge in [0.25, 0.3) is 0 Å². The Morgan fingerprint density at radius 2 is 1.95 bits per heavy atom. The van der Waals surface area contributed by atoms with Gasteiger partial charge in [0, 0.05) is 10.2 Å². The van der Waals surface area contributed by atoms with Crippen molar-refractivity contribution in [1.29, 1.82) is 0 Å². The highest BCUT2D eigenvalue weighted by molar-refractivity contribution is 9.10. The lowest BCUT2D eigenvalue weighted by molar-refractivity contribution is -0.115. The fourth-order valence-electron chi connectivity index (χ4n) is 1.89. The molecule has 0 saturated carbocycles. The van der Waals surface area contributed by atoms with Gasteiger partial charge in [0.1, 0.15) is 0 Å². The molecule has 0 aliphatic carbocycles. The molecule has 0 unspecified atom stereocenters. The van der Waals surface area contributed by atoms with Crippen LogP contribution in [-0.2, 0) is 11.2 Å². The molecule has 0 aliphatic rings. The minimum Gasteiger partial charge on any atom is -0.478 e. The molecule has 0 radical (unpaired) electrons. The number of nitrogens with two attached hydrogens (primary N) is 1. The number of carbonyl (C=O) groups is 2. The van der Waals surface area contributed by atoms with Crippen molar-refractivity contribution in [2.75, 3.05) is 11.1 Å². The molecule has 1 amide bonds. The van der Waals surface area contributed by atoms with Gasteiger partial charge in [-0.3, -0.25) is 4.79 Å². The summed E-state index contributed by atoms with van der Waals surface area (Å²) >= 11 is 3.25. The third-order valence-electron chi connectivity index (χ3n) is 2.80. The molecule has 0 spiro atoms. The van der Waals surface area contributed by atoms with Crippen LogP contribution in [0, 0.1) is 0 Å². The third kappa shape index (κ3) is 4.06. The number of anilines is 2. The standard InChI is InChI=1S/C15H13BrN2O3/c16-10-4-5-12(15(20)21)13(8-10)18-14(19)7-9-2-1-3-11(17)6-9/h1-6,8H,7,17H2,(H,18,19)(H,20,21). The lowest BCUT2D eigenvalue weighted by Crippen LogP contribution is -2.17. The number of nitrogen functional groups attached to an aromatic ring is 1. The van der Waals surface area contributed by atoms with Gasteiger partial charge in [0.05, 0.1) is 17.7 Å². The van der Waals surface area contributed by atoms with E-state index in [0.29, 0.717) is 10.2 Å². The SMILES string of the molecule is Nc1cccc(CC(=O)Nc2cc(Br)ccc2C(=O)O)c1. The van der Waals surface area contributed by atoms with Gasteiger partial charge < -0.3 is 16.2 Å². The number of amides is 1. The Bertz CT molecular complexity index is 701. The quantitative estimate of drug-likeness (QED) is 0.740. The summed E-state index contributed by atoms with van der Waals surface area (Å²) in [6.07, 6.45) is 0.122. The summed E-state index contributed by atoms with van der Waals surface area (Å²) in [6, 6.07) is 11.6.